The molecule has 0 aliphatic carbocycles. The Kier molecular flexibility index (Phi) is 3.47. The molecular formula is C13H8N6O4. The van der Waals surface area contributed by atoms with Crippen molar-refractivity contribution in [3.8, 4) is 22.5 Å². The maximum atomic E-state index is 10.8. The van der Waals surface area contributed by atoms with Crippen LogP contribution in [0.3, 0.4) is 0 Å². The molecule has 0 saturated carbocycles. The second kappa shape index (κ2) is 5.60. The SMILES string of the molecule is O=[N+]([O-])c1cc(-c2cc(-c3ccnc([N+](=O)[O-])c3)[nH]n2)ccn1. The monoisotopic (exact) mass is 312 g/mol. The van der Waals surface area contributed by atoms with E-state index in [0.717, 1.165) is 0 Å². The van der Waals surface area contributed by atoms with Crippen LogP contribution in [0.15, 0.2) is 42.7 Å². The van der Waals surface area contributed by atoms with Crippen molar-refractivity contribution in [3.05, 3.63) is 63.0 Å². The molecule has 10 heteroatoms. The molecule has 1 N–H and O–H groups in total. The van der Waals surface area contributed by atoms with E-state index in [1.165, 1.54) is 24.5 Å². The summed E-state index contributed by atoms with van der Waals surface area (Å²) >= 11 is 0. The Labute approximate surface area is 128 Å². The molecule has 0 aliphatic rings. The lowest BCUT2D eigenvalue weighted by Gasteiger charge is -1.96. The second-order valence-corrected chi connectivity index (χ2v) is 4.49. The molecule has 23 heavy (non-hydrogen) atoms. The van der Waals surface area contributed by atoms with E-state index in [2.05, 4.69) is 20.2 Å². The van der Waals surface area contributed by atoms with E-state index in [4.69, 9.17) is 0 Å². The number of H-pyrrole nitrogens is 1. The van der Waals surface area contributed by atoms with Crippen LogP contribution < -0.4 is 0 Å². The van der Waals surface area contributed by atoms with Gasteiger partial charge < -0.3 is 20.2 Å². The van der Waals surface area contributed by atoms with Crippen LogP contribution >= 0.6 is 0 Å². The molecule has 0 atom stereocenters. The van der Waals surface area contributed by atoms with Crippen molar-refractivity contribution in [1.82, 2.24) is 20.2 Å². The van der Waals surface area contributed by atoms with Gasteiger partial charge in [0, 0.05) is 23.3 Å². The number of nitrogens with zero attached hydrogens (tertiary/aromatic N) is 5. The minimum atomic E-state index is -0.594. The Bertz CT molecular complexity index is 835. The van der Waals surface area contributed by atoms with Crippen molar-refractivity contribution in [1.29, 1.82) is 0 Å². The van der Waals surface area contributed by atoms with Gasteiger partial charge in [-0.2, -0.15) is 5.10 Å². The van der Waals surface area contributed by atoms with Crippen molar-refractivity contribution in [2.24, 2.45) is 0 Å². The molecule has 0 fully saturated rings. The first-order chi connectivity index (χ1) is 11.0. The first kappa shape index (κ1) is 14.3. The van der Waals surface area contributed by atoms with Crippen molar-refractivity contribution < 1.29 is 9.85 Å². The first-order valence-electron chi connectivity index (χ1n) is 6.31. The van der Waals surface area contributed by atoms with Gasteiger partial charge in [0.15, 0.2) is 0 Å². The molecule has 3 heterocycles. The molecule has 3 aromatic heterocycles. The maximum absolute atomic E-state index is 10.8. The number of pyridine rings is 2. The lowest BCUT2D eigenvalue weighted by Crippen LogP contribution is -1.91. The number of hydrogen-bond donors (Lipinski definition) is 1. The van der Waals surface area contributed by atoms with E-state index in [0.29, 0.717) is 22.5 Å². The summed E-state index contributed by atoms with van der Waals surface area (Å²) in [7, 11) is 0. The van der Waals surface area contributed by atoms with Crippen LogP contribution in [0.4, 0.5) is 11.6 Å². The van der Waals surface area contributed by atoms with E-state index >= 15 is 0 Å². The van der Waals surface area contributed by atoms with Crippen LogP contribution in [-0.2, 0) is 0 Å². The van der Waals surface area contributed by atoms with Crippen LogP contribution in [0.1, 0.15) is 0 Å². The summed E-state index contributed by atoms with van der Waals surface area (Å²) in [4.78, 5) is 27.6. The van der Waals surface area contributed by atoms with Gasteiger partial charge in [-0.15, -0.1) is 0 Å². The topological polar surface area (TPSA) is 141 Å². The minimum absolute atomic E-state index is 0.279. The van der Waals surface area contributed by atoms with Gasteiger partial charge in [0.1, 0.15) is 12.4 Å². The fourth-order valence-corrected chi connectivity index (χ4v) is 1.98. The molecule has 3 rings (SSSR count). The van der Waals surface area contributed by atoms with Gasteiger partial charge in [-0.25, -0.2) is 0 Å². The first-order valence-corrected chi connectivity index (χ1v) is 6.31. The zero-order chi connectivity index (χ0) is 16.4. The van der Waals surface area contributed by atoms with E-state index in [9.17, 15) is 20.2 Å². The van der Waals surface area contributed by atoms with Gasteiger partial charge in [-0.3, -0.25) is 5.10 Å². The Hall–Kier alpha value is -3.69. The number of aromatic nitrogens is 4. The Morgan fingerprint density at radius 1 is 0.870 bits per heavy atom. The summed E-state index contributed by atoms with van der Waals surface area (Å²) in [5.41, 5.74) is 2.04. The average molecular weight is 312 g/mol. The van der Waals surface area contributed by atoms with Gasteiger partial charge in [-0.05, 0) is 38.0 Å². The van der Waals surface area contributed by atoms with Crippen molar-refractivity contribution in [3.63, 3.8) is 0 Å². The highest BCUT2D eigenvalue weighted by Gasteiger charge is 2.14. The third-order valence-electron chi connectivity index (χ3n) is 3.05. The number of nitro groups is 2. The molecule has 0 radical (unpaired) electrons. The Morgan fingerprint density at radius 2 is 1.43 bits per heavy atom. The molecule has 0 bridgehead atoms. The molecule has 0 aromatic carbocycles. The summed E-state index contributed by atoms with van der Waals surface area (Å²) in [6.07, 6.45) is 2.64. The van der Waals surface area contributed by atoms with E-state index in [1.807, 2.05) is 0 Å². The van der Waals surface area contributed by atoms with Gasteiger partial charge >= 0.3 is 11.6 Å². The predicted molar refractivity (Wildman–Crippen MR) is 78.4 cm³/mol. The number of aromatic amines is 1. The lowest BCUT2D eigenvalue weighted by atomic mass is 10.1. The molecule has 0 amide bonds. The van der Waals surface area contributed by atoms with Crippen LogP contribution in [0.5, 0.6) is 0 Å². The number of nitrogens with one attached hydrogen (secondary N) is 1. The van der Waals surface area contributed by atoms with Crippen LogP contribution in [0, 0.1) is 20.2 Å². The zero-order valence-electron chi connectivity index (χ0n) is 11.4. The molecule has 0 spiro atoms. The number of hydrogen-bond acceptors (Lipinski definition) is 7. The fourth-order valence-electron chi connectivity index (χ4n) is 1.98. The fraction of sp³-hybridized carbons (Fsp3) is 0. The van der Waals surface area contributed by atoms with Gasteiger partial charge in [0.25, 0.3) is 0 Å². The van der Waals surface area contributed by atoms with Gasteiger partial charge in [0.2, 0.25) is 0 Å². The van der Waals surface area contributed by atoms with E-state index in [-0.39, 0.29) is 11.6 Å². The highest BCUT2D eigenvalue weighted by molar-refractivity contribution is 5.69. The highest BCUT2D eigenvalue weighted by Crippen LogP contribution is 2.26. The minimum Gasteiger partial charge on any atom is -0.358 e. The maximum Gasteiger partial charge on any atom is 0.364 e. The highest BCUT2D eigenvalue weighted by atomic mass is 16.6. The van der Waals surface area contributed by atoms with E-state index < -0.39 is 9.85 Å². The summed E-state index contributed by atoms with van der Waals surface area (Å²) in [5.74, 6) is -0.565. The zero-order valence-corrected chi connectivity index (χ0v) is 11.4. The quantitative estimate of drug-likeness (QED) is 0.575. The van der Waals surface area contributed by atoms with Crippen LogP contribution in [-0.4, -0.2) is 30.0 Å². The molecule has 0 unspecified atom stereocenters. The van der Waals surface area contributed by atoms with Crippen LogP contribution in [0.2, 0.25) is 0 Å². The Balaban J connectivity index is 1.97. The summed E-state index contributed by atoms with van der Waals surface area (Å²) in [6.45, 7) is 0. The standard InChI is InChI=1S/C13H8N6O4/c20-18(21)12-5-8(1-3-14-12)10-7-11(17-16-10)9-2-4-15-13(6-9)19(22)23/h1-7H,(H,16,17). The summed E-state index contributed by atoms with van der Waals surface area (Å²) in [6, 6.07) is 7.43. The van der Waals surface area contributed by atoms with E-state index in [1.54, 1.807) is 18.2 Å². The van der Waals surface area contributed by atoms with Crippen molar-refractivity contribution >= 4 is 11.6 Å². The molecule has 0 saturated heterocycles. The van der Waals surface area contributed by atoms with Crippen molar-refractivity contribution in [2.45, 2.75) is 0 Å². The second-order valence-electron chi connectivity index (χ2n) is 4.49. The molecule has 3 aromatic rings. The van der Waals surface area contributed by atoms with Crippen molar-refractivity contribution in [2.75, 3.05) is 0 Å². The molecule has 10 nitrogen and oxygen atoms in total. The van der Waals surface area contributed by atoms with Gasteiger partial charge in [0.05, 0.1) is 11.4 Å². The molecule has 0 aliphatic heterocycles. The molecule has 114 valence electrons. The lowest BCUT2D eigenvalue weighted by molar-refractivity contribution is -0.389. The average Bonchev–Trinajstić information content (AvgIpc) is 3.05. The third-order valence-corrected chi connectivity index (χ3v) is 3.05. The number of rotatable bonds is 4. The van der Waals surface area contributed by atoms with Gasteiger partial charge in [-0.1, -0.05) is 0 Å². The normalized spacial score (nSPS) is 10.4. The third kappa shape index (κ3) is 2.85. The van der Waals surface area contributed by atoms with Crippen LogP contribution in [0.25, 0.3) is 22.5 Å². The largest absolute Gasteiger partial charge is 0.364 e. The smallest absolute Gasteiger partial charge is 0.358 e. The molecular weight excluding hydrogens is 304 g/mol. The predicted octanol–water partition coefficient (Wildman–Crippen LogP) is 2.35. The Morgan fingerprint density at radius 3 is 2.04 bits per heavy atom. The summed E-state index contributed by atoms with van der Waals surface area (Å²) < 4.78 is 0. The summed E-state index contributed by atoms with van der Waals surface area (Å²) in [5, 5.41) is 28.3.